The topological polar surface area (TPSA) is 61.1 Å². The minimum atomic E-state index is -0.140. The standard InChI is InChI=1S/C14H14N4O/c1-9-10(8-15-18(9)2)7-13-11-5-3-4-6-12(11)14(19)17-16-13/h3-6H,7-8H2,1-2H3/p+1. The second kappa shape index (κ2) is 4.42. The van der Waals surface area contributed by atoms with Crippen LogP contribution in [0.4, 0.5) is 0 Å². The fourth-order valence-electron chi connectivity index (χ4n) is 2.33. The number of nitrogens with one attached hydrogen (secondary N) is 1. The zero-order valence-electron chi connectivity index (χ0n) is 11.0. The lowest BCUT2D eigenvalue weighted by atomic mass is 10.0. The van der Waals surface area contributed by atoms with Crippen molar-refractivity contribution in [2.24, 2.45) is 5.11 Å². The number of fused-ring (bicyclic) bond motifs is 1. The molecule has 0 saturated heterocycles. The molecule has 96 valence electrons. The van der Waals surface area contributed by atoms with Gasteiger partial charge in [-0.25, -0.2) is 5.10 Å². The molecule has 0 atom stereocenters. The molecule has 0 amide bonds. The largest absolute Gasteiger partial charge is 0.272 e. The summed E-state index contributed by atoms with van der Waals surface area (Å²) in [7, 11) is 1.95. The van der Waals surface area contributed by atoms with Crippen molar-refractivity contribution >= 4 is 10.8 Å². The molecule has 0 aliphatic carbocycles. The maximum absolute atomic E-state index is 11.7. The summed E-state index contributed by atoms with van der Waals surface area (Å²) < 4.78 is 1.89. The molecule has 1 aliphatic rings. The van der Waals surface area contributed by atoms with E-state index in [-0.39, 0.29) is 5.56 Å². The number of hydrogen-bond donors (Lipinski definition) is 1. The predicted octanol–water partition coefficient (Wildman–Crippen LogP) is 1.85. The van der Waals surface area contributed by atoms with Crippen molar-refractivity contribution in [3.8, 4) is 0 Å². The summed E-state index contributed by atoms with van der Waals surface area (Å²) in [4.78, 5) is 11.7. The van der Waals surface area contributed by atoms with Crippen LogP contribution >= 0.6 is 0 Å². The summed E-state index contributed by atoms with van der Waals surface area (Å²) in [6, 6.07) is 7.56. The molecule has 1 aliphatic heterocycles. The van der Waals surface area contributed by atoms with E-state index in [0.717, 1.165) is 23.2 Å². The van der Waals surface area contributed by atoms with Crippen LogP contribution in [0.25, 0.3) is 10.8 Å². The van der Waals surface area contributed by atoms with Crippen LogP contribution in [0.1, 0.15) is 12.6 Å². The molecule has 1 aromatic carbocycles. The van der Waals surface area contributed by atoms with Crippen LogP contribution in [0.3, 0.4) is 0 Å². The molecule has 5 nitrogen and oxygen atoms in total. The minimum Gasteiger partial charge on any atom is -0.267 e. The first kappa shape index (κ1) is 11.8. The van der Waals surface area contributed by atoms with Gasteiger partial charge in [-0.3, -0.25) is 4.79 Å². The van der Waals surface area contributed by atoms with Gasteiger partial charge in [-0.1, -0.05) is 22.9 Å². The number of allylic oxidation sites excluding steroid dienone is 1. The van der Waals surface area contributed by atoms with E-state index in [1.165, 1.54) is 5.57 Å². The molecule has 1 N–H and O–H groups in total. The molecule has 2 heterocycles. The van der Waals surface area contributed by atoms with E-state index in [9.17, 15) is 4.79 Å². The van der Waals surface area contributed by atoms with Crippen LogP contribution < -0.4 is 5.56 Å². The summed E-state index contributed by atoms with van der Waals surface area (Å²) in [6.07, 6.45) is 0.719. The van der Waals surface area contributed by atoms with E-state index in [1.54, 1.807) is 0 Å². The summed E-state index contributed by atoms with van der Waals surface area (Å²) in [6.45, 7) is 2.76. The Kier molecular flexibility index (Phi) is 2.74. The quantitative estimate of drug-likeness (QED) is 0.832. The van der Waals surface area contributed by atoms with Crippen molar-refractivity contribution < 1.29 is 4.70 Å². The number of aromatic amines is 1. The third kappa shape index (κ3) is 1.97. The molecule has 0 fully saturated rings. The second-order valence-corrected chi connectivity index (χ2v) is 4.73. The third-order valence-electron chi connectivity index (χ3n) is 3.63. The molecule has 1 aromatic heterocycles. The average Bonchev–Trinajstić information content (AvgIpc) is 2.74. The first-order chi connectivity index (χ1) is 9.16. The van der Waals surface area contributed by atoms with E-state index in [0.29, 0.717) is 11.9 Å². The van der Waals surface area contributed by atoms with Crippen LogP contribution in [0, 0.1) is 0 Å². The maximum atomic E-state index is 11.7. The Morgan fingerprint density at radius 1 is 1.32 bits per heavy atom. The molecular formula is C14H15N4O+. The Balaban J connectivity index is 2.08. The number of nitrogens with zero attached hydrogens (tertiary/aromatic N) is 3. The first-order valence-corrected chi connectivity index (χ1v) is 6.23. The summed E-state index contributed by atoms with van der Waals surface area (Å²) >= 11 is 0. The highest BCUT2D eigenvalue weighted by Gasteiger charge is 2.21. The van der Waals surface area contributed by atoms with Gasteiger partial charge in [0.2, 0.25) is 5.70 Å². The molecule has 2 aromatic rings. The van der Waals surface area contributed by atoms with Gasteiger partial charge in [0.1, 0.15) is 6.54 Å². The van der Waals surface area contributed by atoms with Gasteiger partial charge in [-0.15, -0.1) is 0 Å². The Bertz CT molecular complexity index is 770. The van der Waals surface area contributed by atoms with Crippen molar-refractivity contribution in [2.75, 3.05) is 13.6 Å². The van der Waals surface area contributed by atoms with Crippen molar-refractivity contribution in [1.82, 2.24) is 10.2 Å². The average molecular weight is 255 g/mol. The van der Waals surface area contributed by atoms with E-state index in [1.807, 2.05) is 36.0 Å². The molecule has 0 saturated carbocycles. The van der Waals surface area contributed by atoms with Crippen molar-refractivity contribution in [3.63, 3.8) is 0 Å². The molecule has 0 unspecified atom stereocenters. The number of benzene rings is 1. The minimum absolute atomic E-state index is 0.140. The Hall–Kier alpha value is -2.30. The number of H-pyrrole nitrogens is 1. The zero-order valence-corrected chi connectivity index (χ0v) is 11.0. The fourth-order valence-corrected chi connectivity index (χ4v) is 2.33. The Labute approximate surface area is 110 Å². The van der Waals surface area contributed by atoms with Gasteiger partial charge in [0.25, 0.3) is 5.56 Å². The molecule has 0 bridgehead atoms. The molecule has 0 radical (unpaired) electrons. The van der Waals surface area contributed by atoms with Gasteiger partial charge < -0.3 is 0 Å². The van der Waals surface area contributed by atoms with Gasteiger partial charge in [-0.05, 0) is 11.2 Å². The number of azo groups is 2. The fraction of sp³-hybridized carbons (Fsp3) is 0.286. The summed E-state index contributed by atoms with van der Waals surface area (Å²) in [5.74, 6) is 0. The van der Waals surface area contributed by atoms with Gasteiger partial charge in [-0.2, -0.15) is 5.10 Å². The van der Waals surface area contributed by atoms with Crippen molar-refractivity contribution in [1.29, 1.82) is 0 Å². The van der Waals surface area contributed by atoms with Crippen LogP contribution in [-0.2, 0) is 6.42 Å². The molecule has 0 spiro atoms. The van der Waals surface area contributed by atoms with Crippen LogP contribution in [0.15, 0.2) is 45.4 Å². The summed E-state index contributed by atoms with van der Waals surface area (Å²) in [5.41, 5.74) is 3.16. The van der Waals surface area contributed by atoms with Gasteiger partial charge in [0, 0.05) is 24.3 Å². The van der Waals surface area contributed by atoms with E-state index < -0.39 is 0 Å². The highest BCUT2D eigenvalue weighted by Crippen LogP contribution is 2.20. The first-order valence-electron chi connectivity index (χ1n) is 6.23. The molecule has 19 heavy (non-hydrogen) atoms. The Morgan fingerprint density at radius 2 is 2.05 bits per heavy atom. The highest BCUT2D eigenvalue weighted by molar-refractivity contribution is 5.83. The van der Waals surface area contributed by atoms with Gasteiger partial charge >= 0.3 is 0 Å². The highest BCUT2D eigenvalue weighted by atomic mass is 16.1. The molecular weight excluding hydrogens is 240 g/mol. The third-order valence-corrected chi connectivity index (χ3v) is 3.63. The smallest absolute Gasteiger partial charge is 0.267 e. The molecule has 5 heteroatoms. The van der Waals surface area contributed by atoms with Crippen LogP contribution in [0.5, 0.6) is 0 Å². The lowest BCUT2D eigenvalue weighted by molar-refractivity contribution is -0.510. The summed E-state index contributed by atoms with van der Waals surface area (Å²) in [5, 5.41) is 12.7. The number of rotatable bonds is 2. The molecule has 3 rings (SSSR count). The van der Waals surface area contributed by atoms with E-state index in [2.05, 4.69) is 22.2 Å². The number of hydrogen-bond acceptors (Lipinski definition) is 3. The van der Waals surface area contributed by atoms with Crippen molar-refractivity contribution in [2.45, 2.75) is 13.3 Å². The normalized spacial score (nSPS) is 15.2. The van der Waals surface area contributed by atoms with E-state index >= 15 is 0 Å². The number of aromatic nitrogens is 2. The van der Waals surface area contributed by atoms with Crippen LogP contribution in [0.2, 0.25) is 0 Å². The second-order valence-electron chi connectivity index (χ2n) is 4.73. The monoisotopic (exact) mass is 255 g/mol. The lowest BCUT2D eigenvalue weighted by Gasteiger charge is -2.04. The van der Waals surface area contributed by atoms with E-state index in [4.69, 9.17) is 0 Å². The SMILES string of the molecule is CC1=C(Cc2n[nH]c(=O)c3ccccc23)CN=[N+]1C. The van der Waals surface area contributed by atoms with Gasteiger partial charge in [0.05, 0.1) is 11.1 Å². The zero-order chi connectivity index (χ0) is 13.4. The van der Waals surface area contributed by atoms with Crippen molar-refractivity contribution in [3.05, 3.63) is 51.6 Å². The van der Waals surface area contributed by atoms with Crippen LogP contribution in [-0.4, -0.2) is 28.5 Å². The maximum Gasteiger partial charge on any atom is 0.272 e. The Morgan fingerprint density at radius 3 is 2.74 bits per heavy atom. The lowest BCUT2D eigenvalue weighted by Crippen LogP contribution is -2.12. The van der Waals surface area contributed by atoms with Gasteiger partial charge in [0.15, 0.2) is 7.05 Å². The predicted molar refractivity (Wildman–Crippen MR) is 72.2 cm³/mol.